The molecule has 104 valence electrons. The molecule has 0 aliphatic carbocycles. The lowest BCUT2D eigenvalue weighted by atomic mass is 9.90. The first-order valence-electron chi connectivity index (χ1n) is 6.89. The number of likely N-dealkylation sites (tertiary alicyclic amines) is 1. The Hall–Kier alpha value is -2.24. The number of nitrogens with zero attached hydrogens (tertiary/aromatic N) is 4. The van der Waals surface area contributed by atoms with E-state index in [0.717, 1.165) is 32.4 Å². The molecule has 6 nitrogen and oxygen atoms in total. The molecule has 6 heteroatoms. The van der Waals surface area contributed by atoms with E-state index in [4.69, 9.17) is 0 Å². The Bertz CT molecular complexity index is 546. The molecule has 1 aromatic heterocycles. The van der Waals surface area contributed by atoms with Crippen molar-refractivity contribution in [1.82, 2.24) is 25.5 Å². The second kappa shape index (κ2) is 5.81. The van der Waals surface area contributed by atoms with Gasteiger partial charge in [-0.1, -0.05) is 30.3 Å². The van der Waals surface area contributed by atoms with Gasteiger partial charge in [0, 0.05) is 13.1 Å². The topological polar surface area (TPSA) is 74.8 Å². The van der Waals surface area contributed by atoms with Crippen LogP contribution in [0.4, 0.5) is 0 Å². The van der Waals surface area contributed by atoms with Crippen LogP contribution in [-0.2, 0) is 6.42 Å². The van der Waals surface area contributed by atoms with Crippen LogP contribution in [0.3, 0.4) is 0 Å². The zero-order chi connectivity index (χ0) is 13.8. The van der Waals surface area contributed by atoms with Crippen LogP contribution in [0.1, 0.15) is 29.0 Å². The highest BCUT2D eigenvalue weighted by Gasteiger charge is 2.25. The van der Waals surface area contributed by atoms with Gasteiger partial charge in [0.2, 0.25) is 0 Å². The van der Waals surface area contributed by atoms with E-state index in [-0.39, 0.29) is 11.7 Å². The largest absolute Gasteiger partial charge is 0.336 e. The molecule has 0 saturated carbocycles. The lowest BCUT2D eigenvalue weighted by Gasteiger charge is -2.31. The number of rotatable bonds is 3. The summed E-state index contributed by atoms with van der Waals surface area (Å²) < 4.78 is 0. The lowest BCUT2D eigenvalue weighted by molar-refractivity contribution is 0.0678. The average molecular weight is 271 g/mol. The fourth-order valence-electron chi connectivity index (χ4n) is 2.68. The van der Waals surface area contributed by atoms with E-state index in [0.29, 0.717) is 5.92 Å². The molecule has 0 radical (unpaired) electrons. The normalized spacial score (nSPS) is 16.3. The number of aromatic nitrogens is 4. The van der Waals surface area contributed by atoms with Crippen molar-refractivity contribution in [2.24, 2.45) is 5.92 Å². The fraction of sp³-hybridized carbons (Fsp3) is 0.429. The number of nitrogens with one attached hydrogen (secondary N) is 1. The molecule has 0 unspecified atom stereocenters. The summed E-state index contributed by atoms with van der Waals surface area (Å²) in [4.78, 5) is 13.9. The predicted molar refractivity (Wildman–Crippen MR) is 73.0 cm³/mol. The molecule has 0 bridgehead atoms. The van der Waals surface area contributed by atoms with Crippen molar-refractivity contribution in [2.75, 3.05) is 13.1 Å². The Labute approximate surface area is 117 Å². The summed E-state index contributed by atoms with van der Waals surface area (Å²) in [6.07, 6.45) is 3.14. The first-order valence-corrected chi connectivity index (χ1v) is 6.89. The van der Waals surface area contributed by atoms with Crippen molar-refractivity contribution in [1.29, 1.82) is 0 Å². The number of carbonyl (C=O) groups excluding carboxylic acids is 1. The molecule has 2 aromatic rings. The van der Waals surface area contributed by atoms with Gasteiger partial charge in [-0.05, 0) is 36.0 Å². The molecule has 3 rings (SSSR count). The van der Waals surface area contributed by atoms with Gasteiger partial charge in [-0.2, -0.15) is 5.21 Å². The summed E-state index contributed by atoms with van der Waals surface area (Å²) in [5.74, 6) is 0.676. The zero-order valence-corrected chi connectivity index (χ0v) is 11.2. The van der Waals surface area contributed by atoms with Crippen LogP contribution in [0.2, 0.25) is 0 Å². The smallest absolute Gasteiger partial charge is 0.295 e. The Morgan fingerprint density at radius 2 is 2.00 bits per heavy atom. The van der Waals surface area contributed by atoms with E-state index < -0.39 is 0 Å². The molecule has 1 fully saturated rings. The first kappa shape index (κ1) is 12.8. The van der Waals surface area contributed by atoms with Gasteiger partial charge in [0.1, 0.15) is 0 Å². The molecule has 1 aliphatic heterocycles. The Morgan fingerprint density at radius 3 is 2.65 bits per heavy atom. The third kappa shape index (κ3) is 2.84. The van der Waals surface area contributed by atoms with Crippen molar-refractivity contribution in [3.8, 4) is 0 Å². The van der Waals surface area contributed by atoms with E-state index in [2.05, 4.69) is 44.9 Å². The molecule has 1 amide bonds. The van der Waals surface area contributed by atoms with Gasteiger partial charge in [-0.15, -0.1) is 10.2 Å². The van der Waals surface area contributed by atoms with E-state index in [1.54, 1.807) is 0 Å². The van der Waals surface area contributed by atoms with Crippen LogP contribution in [-0.4, -0.2) is 44.5 Å². The minimum absolute atomic E-state index is 0.128. The molecule has 1 N–H and O–H groups in total. The maximum atomic E-state index is 12.1. The van der Waals surface area contributed by atoms with Crippen LogP contribution >= 0.6 is 0 Å². The van der Waals surface area contributed by atoms with Crippen molar-refractivity contribution >= 4 is 5.91 Å². The number of aromatic amines is 1. The van der Waals surface area contributed by atoms with Gasteiger partial charge in [0.05, 0.1) is 0 Å². The SMILES string of the molecule is O=C(c1nn[nH]n1)N1CCC(Cc2ccccc2)CC1. The highest BCUT2D eigenvalue weighted by Crippen LogP contribution is 2.22. The van der Waals surface area contributed by atoms with E-state index in [1.165, 1.54) is 5.56 Å². The van der Waals surface area contributed by atoms with Gasteiger partial charge in [-0.25, -0.2) is 0 Å². The first-order chi connectivity index (χ1) is 9.83. The van der Waals surface area contributed by atoms with E-state index in [9.17, 15) is 4.79 Å². The van der Waals surface area contributed by atoms with Crippen LogP contribution in [0.25, 0.3) is 0 Å². The minimum atomic E-state index is -0.128. The summed E-state index contributed by atoms with van der Waals surface area (Å²) >= 11 is 0. The maximum Gasteiger partial charge on any atom is 0.295 e. The van der Waals surface area contributed by atoms with Gasteiger partial charge in [-0.3, -0.25) is 4.79 Å². The Balaban J connectivity index is 1.53. The van der Waals surface area contributed by atoms with Crippen LogP contribution < -0.4 is 0 Å². The Morgan fingerprint density at radius 1 is 1.25 bits per heavy atom. The summed E-state index contributed by atoms with van der Waals surface area (Å²) in [5, 5.41) is 13.2. The van der Waals surface area contributed by atoms with Crippen molar-refractivity contribution in [2.45, 2.75) is 19.3 Å². The number of carbonyl (C=O) groups is 1. The summed E-state index contributed by atoms with van der Waals surface area (Å²) in [6.45, 7) is 1.54. The number of H-pyrrole nitrogens is 1. The minimum Gasteiger partial charge on any atom is -0.336 e. The van der Waals surface area contributed by atoms with E-state index in [1.807, 2.05) is 11.0 Å². The average Bonchev–Trinajstić information content (AvgIpc) is 3.03. The molecule has 0 atom stereocenters. The standard InChI is InChI=1S/C14H17N5O/c20-14(13-15-17-18-16-13)19-8-6-12(7-9-19)10-11-4-2-1-3-5-11/h1-5,12H,6-10H2,(H,15,16,17,18). The number of tetrazole rings is 1. The molecular weight excluding hydrogens is 254 g/mol. The number of benzene rings is 1. The second-order valence-electron chi connectivity index (χ2n) is 5.16. The summed E-state index contributed by atoms with van der Waals surface area (Å²) in [6, 6.07) is 10.5. The quantitative estimate of drug-likeness (QED) is 0.913. The monoisotopic (exact) mass is 271 g/mol. The number of piperidine rings is 1. The van der Waals surface area contributed by atoms with Gasteiger partial charge >= 0.3 is 0 Å². The highest BCUT2D eigenvalue weighted by molar-refractivity contribution is 5.90. The molecule has 1 aromatic carbocycles. The molecule has 20 heavy (non-hydrogen) atoms. The van der Waals surface area contributed by atoms with Gasteiger partial charge in [0.15, 0.2) is 0 Å². The molecule has 2 heterocycles. The third-order valence-corrected chi connectivity index (χ3v) is 3.81. The number of hydrogen-bond donors (Lipinski definition) is 1. The molecule has 1 saturated heterocycles. The van der Waals surface area contributed by atoms with Crippen LogP contribution in [0.15, 0.2) is 30.3 Å². The van der Waals surface area contributed by atoms with Crippen LogP contribution in [0, 0.1) is 5.92 Å². The maximum absolute atomic E-state index is 12.1. The molecule has 0 spiro atoms. The lowest BCUT2D eigenvalue weighted by Crippen LogP contribution is -2.39. The number of hydrogen-bond acceptors (Lipinski definition) is 4. The molecular formula is C14H17N5O. The summed E-state index contributed by atoms with van der Waals surface area (Å²) in [7, 11) is 0. The fourth-order valence-corrected chi connectivity index (χ4v) is 2.68. The van der Waals surface area contributed by atoms with Crippen molar-refractivity contribution in [3.05, 3.63) is 41.7 Å². The van der Waals surface area contributed by atoms with Crippen molar-refractivity contribution in [3.63, 3.8) is 0 Å². The third-order valence-electron chi connectivity index (χ3n) is 3.81. The second-order valence-corrected chi connectivity index (χ2v) is 5.16. The predicted octanol–water partition coefficient (Wildman–Crippen LogP) is 1.29. The van der Waals surface area contributed by atoms with Crippen LogP contribution in [0.5, 0.6) is 0 Å². The number of amides is 1. The van der Waals surface area contributed by atoms with Gasteiger partial charge in [0.25, 0.3) is 11.7 Å². The zero-order valence-electron chi connectivity index (χ0n) is 11.2. The molecule has 1 aliphatic rings. The van der Waals surface area contributed by atoms with Crippen molar-refractivity contribution < 1.29 is 4.79 Å². The van der Waals surface area contributed by atoms with Gasteiger partial charge < -0.3 is 4.90 Å². The van der Waals surface area contributed by atoms with E-state index >= 15 is 0 Å². The summed E-state index contributed by atoms with van der Waals surface area (Å²) in [5.41, 5.74) is 1.37. The highest BCUT2D eigenvalue weighted by atomic mass is 16.2. The Kier molecular flexibility index (Phi) is 3.71.